The van der Waals surface area contributed by atoms with Crippen LogP contribution in [0.15, 0.2) is 42.6 Å². The summed E-state index contributed by atoms with van der Waals surface area (Å²) in [5, 5.41) is 11.0. The Kier molecular flexibility index (Phi) is 7.06. The number of carbonyl (C=O) groups excluding carboxylic acids is 2. The molecule has 0 radical (unpaired) electrons. The highest BCUT2D eigenvalue weighted by molar-refractivity contribution is 5.86. The topological polar surface area (TPSA) is 97.9 Å². The third kappa shape index (κ3) is 5.11. The molecule has 0 saturated carbocycles. The van der Waals surface area contributed by atoms with Crippen molar-refractivity contribution in [1.29, 1.82) is 0 Å². The number of nitro benzene ring substituents is 1. The SMILES string of the molecule is COCC(=O)N(CC(=O)N1CCn2cccc2C1c1ccc([N+](=O)[O-])cc1)CC(C)C. The first-order valence-electron chi connectivity index (χ1n) is 10.3. The van der Waals surface area contributed by atoms with Crippen molar-refractivity contribution in [2.75, 3.05) is 33.4 Å². The fraction of sp³-hybridized carbons (Fsp3) is 0.455. The number of hydrogen-bond donors (Lipinski definition) is 0. The van der Waals surface area contributed by atoms with Crippen molar-refractivity contribution in [3.8, 4) is 0 Å². The Bertz CT molecular complexity index is 938. The molecule has 2 heterocycles. The van der Waals surface area contributed by atoms with Gasteiger partial charge in [0.25, 0.3) is 5.69 Å². The highest BCUT2D eigenvalue weighted by atomic mass is 16.6. The van der Waals surface area contributed by atoms with Crippen molar-refractivity contribution >= 4 is 17.5 Å². The maximum atomic E-state index is 13.4. The summed E-state index contributed by atoms with van der Waals surface area (Å²) in [6.07, 6.45) is 1.96. The lowest BCUT2D eigenvalue weighted by Crippen LogP contribution is -2.49. The van der Waals surface area contributed by atoms with Crippen LogP contribution in [0.4, 0.5) is 5.69 Å². The van der Waals surface area contributed by atoms with Crippen molar-refractivity contribution in [2.24, 2.45) is 5.92 Å². The number of fused-ring (bicyclic) bond motifs is 1. The Morgan fingerprint density at radius 3 is 2.55 bits per heavy atom. The molecule has 0 saturated heterocycles. The van der Waals surface area contributed by atoms with Gasteiger partial charge in [0.1, 0.15) is 6.61 Å². The lowest BCUT2D eigenvalue weighted by molar-refractivity contribution is -0.384. The fourth-order valence-electron chi connectivity index (χ4n) is 3.95. The maximum Gasteiger partial charge on any atom is 0.269 e. The third-order valence-corrected chi connectivity index (χ3v) is 5.31. The van der Waals surface area contributed by atoms with Gasteiger partial charge in [0.2, 0.25) is 11.8 Å². The highest BCUT2D eigenvalue weighted by Crippen LogP contribution is 2.33. The predicted molar refractivity (Wildman–Crippen MR) is 114 cm³/mol. The number of nitro groups is 1. The minimum absolute atomic E-state index is 0.00101. The van der Waals surface area contributed by atoms with Gasteiger partial charge in [-0.3, -0.25) is 19.7 Å². The lowest BCUT2D eigenvalue weighted by Gasteiger charge is -2.38. The smallest absolute Gasteiger partial charge is 0.269 e. The van der Waals surface area contributed by atoms with Crippen LogP contribution in [-0.4, -0.2) is 64.5 Å². The molecule has 1 atom stereocenters. The summed E-state index contributed by atoms with van der Waals surface area (Å²) in [7, 11) is 1.46. The molecule has 1 unspecified atom stereocenters. The molecule has 2 aromatic rings. The van der Waals surface area contributed by atoms with Gasteiger partial charge in [0.05, 0.1) is 17.5 Å². The number of ether oxygens (including phenoxy) is 1. The number of hydrogen-bond acceptors (Lipinski definition) is 5. The van der Waals surface area contributed by atoms with Gasteiger partial charge >= 0.3 is 0 Å². The molecule has 1 aromatic heterocycles. The second-order valence-electron chi connectivity index (χ2n) is 8.07. The Morgan fingerprint density at radius 2 is 1.94 bits per heavy atom. The second-order valence-corrected chi connectivity index (χ2v) is 8.07. The molecule has 9 heteroatoms. The van der Waals surface area contributed by atoms with E-state index in [0.717, 1.165) is 11.3 Å². The first-order valence-corrected chi connectivity index (χ1v) is 10.3. The summed E-state index contributed by atoms with van der Waals surface area (Å²) in [6, 6.07) is 9.78. The van der Waals surface area contributed by atoms with E-state index in [1.54, 1.807) is 17.0 Å². The molecule has 3 rings (SSSR count). The zero-order valence-corrected chi connectivity index (χ0v) is 18.1. The van der Waals surface area contributed by atoms with E-state index in [1.807, 2.05) is 32.2 Å². The van der Waals surface area contributed by atoms with Gasteiger partial charge in [-0.1, -0.05) is 13.8 Å². The number of rotatable bonds is 8. The van der Waals surface area contributed by atoms with E-state index in [-0.39, 0.29) is 42.6 Å². The van der Waals surface area contributed by atoms with Crippen LogP contribution >= 0.6 is 0 Å². The summed E-state index contributed by atoms with van der Waals surface area (Å²) >= 11 is 0. The van der Waals surface area contributed by atoms with Crippen molar-refractivity contribution in [3.63, 3.8) is 0 Å². The van der Waals surface area contributed by atoms with Crippen molar-refractivity contribution in [3.05, 3.63) is 64.0 Å². The van der Waals surface area contributed by atoms with Crippen LogP contribution in [0.2, 0.25) is 0 Å². The quantitative estimate of drug-likeness (QED) is 0.475. The predicted octanol–water partition coefficient (Wildman–Crippen LogP) is 2.46. The average Bonchev–Trinajstić information content (AvgIpc) is 3.21. The summed E-state index contributed by atoms with van der Waals surface area (Å²) in [5.74, 6) is -0.185. The minimum Gasteiger partial charge on any atom is -0.375 e. The Balaban J connectivity index is 1.89. The molecule has 0 N–H and O–H groups in total. The van der Waals surface area contributed by atoms with E-state index in [2.05, 4.69) is 4.57 Å². The first kappa shape index (κ1) is 22.5. The summed E-state index contributed by atoms with van der Waals surface area (Å²) in [4.78, 5) is 39.7. The molecule has 0 fully saturated rings. The van der Waals surface area contributed by atoms with E-state index >= 15 is 0 Å². The molecular weight excluding hydrogens is 400 g/mol. The zero-order chi connectivity index (χ0) is 22.5. The molecule has 0 spiro atoms. The van der Waals surface area contributed by atoms with Crippen LogP contribution in [0.25, 0.3) is 0 Å². The number of benzene rings is 1. The fourth-order valence-corrected chi connectivity index (χ4v) is 3.95. The largest absolute Gasteiger partial charge is 0.375 e. The highest BCUT2D eigenvalue weighted by Gasteiger charge is 2.33. The van der Waals surface area contributed by atoms with Crippen LogP contribution in [0.3, 0.4) is 0 Å². The van der Waals surface area contributed by atoms with Crippen LogP contribution in [0.1, 0.15) is 31.1 Å². The lowest BCUT2D eigenvalue weighted by atomic mass is 9.99. The van der Waals surface area contributed by atoms with Gasteiger partial charge in [-0.15, -0.1) is 0 Å². The zero-order valence-electron chi connectivity index (χ0n) is 18.1. The second kappa shape index (κ2) is 9.74. The Morgan fingerprint density at radius 1 is 1.23 bits per heavy atom. The number of amides is 2. The van der Waals surface area contributed by atoms with Gasteiger partial charge in [0.15, 0.2) is 0 Å². The third-order valence-electron chi connectivity index (χ3n) is 5.31. The van der Waals surface area contributed by atoms with Crippen molar-refractivity contribution in [1.82, 2.24) is 14.4 Å². The minimum atomic E-state index is -0.443. The molecule has 0 aliphatic carbocycles. The molecule has 2 amide bonds. The molecule has 0 bridgehead atoms. The summed E-state index contributed by atoms with van der Waals surface area (Å²) in [6.45, 7) is 5.46. The number of nitrogens with zero attached hydrogens (tertiary/aromatic N) is 4. The Labute approximate surface area is 181 Å². The average molecular weight is 428 g/mol. The first-order chi connectivity index (χ1) is 14.8. The van der Waals surface area contributed by atoms with Gasteiger partial charge in [-0.25, -0.2) is 0 Å². The van der Waals surface area contributed by atoms with Crippen LogP contribution in [0.5, 0.6) is 0 Å². The van der Waals surface area contributed by atoms with E-state index < -0.39 is 4.92 Å². The van der Waals surface area contributed by atoms with Gasteiger partial charge in [0, 0.05) is 50.8 Å². The van der Waals surface area contributed by atoms with Crippen LogP contribution < -0.4 is 0 Å². The monoisotopic (exact) mass is 428 g/mol. The molecule has 1 aliphatic heterocycles. The van der Waals surface area contributed by atoms with E-state index in [9.17, 15) is 19.7 Å². The van der Waals surface area contributed by atoms with Gasteiger partial charge in [-0.05, 0) is 35.7 Å². The summed E-state index contributed by atoms with van der Waals surface area (Å²) < 4.78 is 7.06. The van der Waals surface area contributed by atoms with E-state index in [1.165, 1.54) is 24.1 Å². The number of aromatic nitrogens is 1. The standard InChI is InChI=1S/C22H28N4O5/c1-16(2)13-24(21(28)15-31-3)14-20(27)25-12-11-23-10-4-5-19(23)22(25)17-6-8-18(9-7-17)26(29)30/h4-10,16,22H,11-15H2,1-3H3. The summed E-state index contributed by atoms with van der Waals surface area (Å²) in [5.41, 5.74) is 1.73. The van der Waals surface area contributed by atoms with Gasteiger partial charge in [-0.2, -0.15) is 0 Å². The molecule has 1 aliphatic rings. The maximum absolute atomic E-state index is 13.4. The van der Waals surface area contributed by atoms with E-state index in [0.29, 0.717) is 19.6 Å². The molecule has 1 aromatic carbocycles. The number of methoxy groups -OCH3 is 1. The molecule has 31 heavy (non-hydrogen) atoms. The Hall–Kier alpha value is -3.20. The molecule has 166 valence electrons. The van der Waals surface area contributed by atoms with Crippen LogP contribution in [-0.2, 0) is 20.9 Å². The van der Waals surface area contributed by atoms with Gasteiger partial charge < -0.3 is 19.1 Å². The normalized spacial score (nSPS) is 15.6. The van der Waals surface area contributed by atoms with Crippen molar-refractivity contribution in [2.45, 2.75) is 26.4 Å². The number of carbonyl (C=O) groups is 2. The number of non-ortho nitro benzene ring substituents is 1. The molecule has 9 nitrogen and oxygen atoms in total. The van der Waals surface area contributed by atoms with Crippen molar-refractivity contribution < 1.29 is 19.2 Å². The molecular formula is C22H28N4O5. The van der Waals surface area contributed by atoms with E-state index in [4.69, 9.17) is 4.74 Å². The van der Waals surface area contributed by atoms with Crippen LogP contribution in [0, 0.1) is 16.0 Å².